The molecule has 0 aromatic heterocycles. The summed E-state index contributed by atoms with van der Waals surface area (Å²) in [6.07, 6.45) is 0. The molecule has 1 N–H and O–H groups in total. The molecule has 27 heavy (non-hydrogen) atoms. The SMILES string of the molecule is C[C@@H](CNC(=O)CN(c1ccc(F)cc1)S(=O)(=O)N(C)C)c1ccccc1. The molecule has 6 nitrogen and oxygen atoms in total. The zero-order valence-electron chi connectivity index (χ0n) is 15.6. The van der Waals surface area contributed by atoms with Gasteiger partial charge < -0.3 is 5.32 Å². The van der Waals surface area contributed by atoms with Crippen molar-refractivity contribution in [2.75, 3.05) is 31.5 Å². The summed E-state index contributed by atoms with van der Waals surface area (Å²) in [6.45, 7) is 1.96. The molecular weight excluding hydrogens is 369 g/mol. The minimum atomic E-state index is -3.91. The Labute approximate surface area is 159 Å². The third-order valence-electron chi connectivity index (χ3n) is 4.12. The van der Waals surface area contributed by atoms with Gasteiger partial charge in [-0.1, -0.05) is 37.3 Å². The number of carbonyl (C=O) groups is 1. The van der Waals surface area contributed by atoms with E-state index in [0.717, 1.165) is 26.3 Å². The Bertz CT molecular complexity index is 856. The van der Waals surface area contributed by atoms with Gasteiger partial charge in [-0.3, -0.25) is 4.79 Å². The molecule has 0 heterocycles. The first-order chi connectivity index (χ1) is 12.7. The number of nitrogens with one attached hydrogen (secondary N) is 1. The molecule has 0 aliphatic heterocycles. The maximum absolute atomic E-state index is 13.2. The molecule has 0 aliphatic rings. The molecule has 1 atom stereocenters. The highest BCUT2D eigenvalue weighted by Crippen LogP contribution is 2.20. The lowest BCUT2D eigenvalue weighted by molar-refractivity contribution is -0.119. The van der Waals surface area contributed by atoms with Crippen LogP contribution in [0.4, 0.5) is 10.1 Å². The van der Waals surface area contributed by atoms with Crippen molar-refractivity contribution in [2.45, 2.75) is 12.8 Å². The molecule has 0 bridgehead atoms. The van der Waals surface area contributed by atoms with Gasteiger partial charge >= 0.3 is 10.2 Å². The Morgan fingerprint density at radius 1 is 1.07 bits per heavy atom. The average Bonchev–Trinajstić information content (AvgIpc) is 2.65. The first-order valence-electron chi connectivity index (χ1n) is 8.49. The van der Waals surface area contributed by atoms with Crippen LogP contribution < -0.4 is 9.62 Å². The third-order valence-corrected chi connectivity index (χ3v) is 5.94. The average molecular weight is 393 g/mol. The zero-order valence-corrected chi connectivity index (χ0v) is 16.4. The number of hydrogen-bond donors (Lipinski definition) is 1. The second kappa shape index (κ2) is 8.96. The van der Waals surface area contributed by atoms with Crippen LogP contribution in [0.5, 0.6) is 0 Å². The normalized spacial score (nSPS) is 12.6. The number of anilines is 1. The summed E-state index contributed by atoms with van der Waals surface area (Å²) in [4.78, 5) is 12.4. The van der Waals surface area contributed by atoms with E-state index in [1.54, 1.807) is 0 Å². The van der Waals surface area contributed by atoms with Crippen LogP contribution in [0.2, 0.25) is 0 Å². The van der Waals surface area contributed by atoms with Crippen LogP contribution in [0.3, 0.4) is 0 Å². The number of hydrogen-bond acceptors (Lipinski definition) is 3. The number of rotatable bonds is 8. The van der Waals surface area contributed by atoms with Crippen molar-refractivity contribution in [2.24, 2.45) is 0 Å². The maximum atomic E-state index is 13.2. The van der Waals surface area contributed by atoms with Crippen LogP contribution in [-0.2, 0) is 15.0 Å². The number of nitrogens with zero attached hydrogens (tertiary/aromatic N) is 2. The lowest BCUT2D eigenvalue weighted by Crippen LogP contribution is -2.46. The molecule has 2 aromatic rings. The minimum absolute atomic E-state index is 0.0832. The van der Waals surface area contributed by atoms with Crippen LogP contribution in [0.1, 0.15) is 18.4 Å². The fourth-order valence-electron chi connectivity index (χ4n) is 2.46. The zero-order chi connectivity index (χ0) is 20.0. The Balaban J connectivity index is 2.10. The molecule has 0 radical (unpaired) electrons. The van der Waals surface area contributed by atoms with Gasteiger partial charge in [0.05, 0.1) is 5.69 Å². The molecule has 0 fully saturated rings. The van der Waals surface area contributed by atoms with Crippen molar-refractivity contribution in [3.8, 4) is 0 Å². The van der Waals surface area contributed by atoms with Gasteiger partial charge in [-0.15, -0.1) is 0 Å². The van der Waals surface area contributed by atoms with Gasteiger partial charge in [0, 0.05) is 20.6 Å². The van der Waals surface area contributed by atoms with Gasteiger partial charge in [0.2, 0.25) is 5.91 Å². The molecule has 0 spiro atoms. The standard InChI is InChI=1S/C19H24FN3O3S/c1-15(16-7-5-4-6-8-16)13-21-19(24)14-23(27(25,26)22(2)3)18-11-9-17(20)10-12-18/h4-12,15H,13-14H2,1-3H3,(H,21,24)/t15-/m0/s1. The van der Waals surface area contributed by atoms with Crippen molar-refractivity contribution < 1.29 is 17.6 Å². The monoisotopic (exact) mass is 393 g/mol. The van der Waals surface area contributed by atoms with Crippen molar-refractivity contribution in [3.05, 3.63) is 66.0 Å². The van der Waals surface area contributed by atoms with Gasteiger partial charge in [-0.25, -0.2) is 8.70 Å². The van der Waals surface area contributed by atoms with E-state index < -0.39 is 28.5 Å². The van der Waals surface area contributed by atoms with Gasteiger partial charge in [0.1, 0.15) is 12.4 Å². The second-order valence-electron chi connectivity index (χ2n) is 6.39. The summed E-state index contributed by atoms with van der Waals surface area (Å²) >= 11 is 0. The van der Waals surface area contributed by atoms with Crippen LogP contribution in [0.25, 0.3) is 0 Å². The lowest BCUT2D eigenvalue weighted by atomic mass is 10.0. The molecule has 8 heteroatoms. The molecule has 146 valence electrons. The van der Waals surface area contributed by atoms with E-state index in [-0.39, 0.29) is 11.6 Å². The van der Waals surface area contributed by atoms with E-state index in [1.807, 2.05) is 37.3 Å². The predicted octanol–water partition coefficient (Wildman–Crippen LogP) is 2.36. The van der Waals surface area contributed by atoms with Gasteiger partial charge in [0.25, 0.3) is 0 Å². The summed E-state index contributed by atoms with van der Waals surface area (Å²) in [5.74, 6) is -0.838. The second-order valence-corrected chi connectivity index (χ2v) is 8.46. The first-order valence-corrected chi connectivity index (χ1v) is 9.89. The predicted molar refractivity (Wildman–Crippen MR) is 104 cm³/mol. The fraction of sp³-hybridized carbons (Fsp3) is 0.316. The number of amides is 1. The van der Waals surface area contributed by atoms with E-state index in [0.29, 0.717) is 6.54 Å². The summed E-state index contributed by atoms with van der Waals surface area (Å²) in [6, 6.07) is 14.7. The molecular formula is C19H24FN3O3S. The molecule has 0 saturated heterocycles. The van der Waals surface area contributed by atoms with Crippen molar-refractivity contribution in [3.63, 3.8) is 0 Å². The van der Waals surface area contributed by atoms with Gasteiger partial charge in [-0.05, 0) is 35.7 Å². The van der Waals surface area contributed by atoms with Crippen LogP contribution in [0.15, 0.2) is 54.6 Å². The molecule has 1 amide bonds. The van der Waals surface area contributed by atoms with Crippen molar-refractivity contribution >= 4 is 21.8 Å². The fourth-order valence-corrected chi connectivity index (χ4v) is 3.53. The maximum Gasteiger partial charge on any atom is 0.304 e. The highest BCUT2D eigenvalue weighted by molar-refractivity contribution is 7.90. The Kier molecular flexibility index (Phi) is 6.92. The van der Waals surface area contributed by atoms with Crippen molar-refractivity contribution in [1.82, 2.24) is 9.62 Å². The smallest absolute Gasteiger partial charge is 0.304 e. The van der Waals surface area contributed by atoms with Gasteiger partial charge in [-0.2, -0.15) is 12.7 Å². The van der Waals surface area contributed by atoms with E-state index in [1.165, 1.54) is 26.2 Å². The summed E-state index contributed by atoms with van der Waals surface area (Å²) in [7, 11) is -1.15. The molecule has 2 aromatic carbocycles. The van der Waals surface area contributed by atoms with E-state index in [4.69, 9.17) is 0 Å². The molecule has 0 saturated carbocycles. The number of benzene rings is 2. The van der Waals surface area contributed by atoms with Crippen LogP contribution >= 0.6 is 0 Å². The van der Waals surface area contributed by atoms with E-state index in [2.05, 4.69) is 5.32 Å². The Morgan fingerprint density at radius 3 is 2.22 bits per heavy atom. The quantitative estimate of drug-likeness (QED) is 0.749. The first kappa shape index (κ1) is 20.9. The number of carbonyl (C=O) groups excluding carboxylic acids is 1. The van der Waals surface area contributed by atoms with E-state index in [9.17, 15) is 17.6 Å². The van der Waals surface area contributed by atoms with Crippen molar-refractivity contribution in [1.29, 1.82) is 0 Å². The third kappa shape index (κ3) is 5.51. The summed E-state index contributed by atoms with van der Waals surface area (Å²) in [5.41, 5.74) is 1.30. The topological polar surface area (TPSA) is 69.7 Å². The highest BCUT2D eigenvalue weighted by atomic mass is 32.2. The van der Waals surface area contributed by atoms with E-state index >= 15 is 0 Å². The van der Waals surface area contributed by atoms with Crippen LogP contribution in [0, 0.1) is 5.82 Å². The lowest BCUT2D eigenvalue weighted by Gasteiger charge is -2.27. The largest absolute Gasteiger partial charge is 0.354 e. The summed E-state index contributed by atoms with van der Waals surface area (Å²) < 4.78 is 40.3. The molecule has 2 rings (SSSR count). The summed E-state index contributed by atoms with van der Waals surface area (Å²) in [5, 5.41) is 2.77. The van der Waals surface area contributed by atoms with Gasteiger partial charge in [0.15, 0.2) is 0 Å². The number of halogens is 1. The Hall–Kier alpha value is -2.45. The molecule has 0 aliphatic carbocycles. The molecule has 0 unspecified atom stereocenters. The minimum Gasteiger partial charge on any atom is -0.354 e. The van der Waals surface area contributed by atoms with Crippen LogP contribution in [-0.4, -0.2) is 45.8 Å². The Morgan fingerprint density at radius 2 is 1.67 bits per heavy atom. The highest BCUT2D eigenvalue weighted by Gasteiger charge is 2.27.